The number of ether oxygens (including phenoxy) is 1. The van der Waals surface area contributed by atoms with Gasteiger partial charge in [0, 0.05) is 31.4 Å². The lowest BCUT2D eigenvalue weighted by Gasteiger charge is -2.16. The quantitative estimate of drug-likeness (QED) is 0.849. The Bertz CT molecular complexity index is 652. The first-order valence-electron chi connectivity index (χ1n) is 7.13. The molecule has 118 valence electrons. The monoisotopic (exact) mass is 303 g/mol. The second kappa shape index (κ2) is 7.09. The number of methoxy groups -OCH3 is 1. The maximum atomic E-state index is 11.2. The molecule has 1 N–H and O–H groups in total. The van der Waals surface area contributed by atoms with E-state index in [9.17, 15) is 9.90 Å². The minimum Gasteiger partial charge on any atom is -0.496 e. The summed E-state index contributed by atoms with van der Waals surface area (Å²) in [6.07, 6.45) is 3.88. The number of aromatic carboxylic acids is 1. The number of hydrogen-bond donors (Lipinski definition) is 1. The van der Waals surface area contributed by atoms with Gasteiger partial charge in [0.1, 0.15) is 11.3 Å². The number of rotatable bonds is 7. The van der Waals surface area contributed by atoms with Crippen LogP contribution in [0.2, 0.25) is 0 Å². The zero-order valence-corrected chi connectivity index (χ0v) is 13.1. The second-order valence-corrected chi connectivity index (χ2v) is 5.22. The van der Waals surface area contributed by atoms with Crippen molar-refractivity contribution >= 4 is 5.97 Å². The van der Waals surface area contributed by atoms with Gasteiger partial charge in [0.2, 0.25) is 0 Å². The van der Waals surface area contributed by atoms with Crippen molar-refractivity contribution in [3.05, 3.63) is 47.3 Å². The Morgan fingerprint density at radius 3 is 2.68 bits per heavy atom. The van der Waals surface area contributed by atoms with Gasteiger partial charge in [-0.3, -0.25) is 9.58 Å². The van der Waals surface area contributed by atoms with Gasteiger partial charge in [0.15, 0.2) is 0 Å². The van der Waals surface area contributed by atoms with Crippen molar-refractivity contribution in [3.8, 4) is 5.75 Å². The molecule has 1 aromatic heterocycles. The van der Waals surface area contributed by atoms with E-state index in [1.165, 1.54) is 7.11 Å². The lowest BCUT2D eigenvalue weighted by molar-refractivity contribution is 0.0693. The van der Waals surface area contributed by atoms with Crippen molar-refractivity contribution in [3.63, 3.8) is 0 Å². The molecule has 6 nitrogen and oxygen atoms in total. The topological polar surface area (TPSA) is 67.6 Å². The average molecular weight is 303 g/mol. The van der Waals surface area contributed by atoms with Crippen LogP contribution in [0.3, 0.4) is 0 Å². The molecule has 0 unspecified atom stereocenters. The summed E-state index contributed by atoms with van der Waals surface area (Å²) >= 11 is 0. The zero-order valence-electron chi connectivity index (χ0n) is 13.1. The number of carboxylic acids is 1. The number of hydrogen-bond acceptors (Lipinski definition) is 4. The minimum atomic E-state index is -0.981. The Morgan fingerprint density at radius 1 is 1.36 bits per heavy atom. The van der Waals surface area contributed by atoms with E-state index in [-0.39, 0.29) is 5.56 Å². The van der Waals surface area contributed by atoms with Crippen LogP contribution in [0.5, 0.6) is 5.75 Å². The van der Waals surface area contributed by atoms with Crippen LogP contribution in [0.25, 0.3) is 0 Å². The van der Waals surface area contributed by atoms with E-state index >= 15 is 0 Å². The Labute approximate surface area is 129 Å². The molecule has 22 heavy (non-hydrogen) atoms. The Morgan fingerprint density at radius 2 is 2.09 bits per heavy atom. The highest BCUT2D eigenvalue weighted by atomic mass is 16.5. The molecule has 0 spiro atoms. The molecule has 0 atom stereocenters. The van der Waals surface area contributed by atoms with E-state index in [0.717, 1.165) is 24.2 Å². The molecule has 2 rings (SSSR count). The molecular weight excluding hydrogens is 282 g/mol. The smallest absolute Gasteiger partial charge is 0.339 e. The molecule has 0 radical (unpaired) electrons. The zero-order chi connectivity index (χ0) is 16.1. The first-order valence-corrected chi connectivity index (χ1v) is 7.13. The third kappa shape index (κ3) is 3.85. The largest absolute Gasteiger partial charge is 0.496 e. The van der Waals surface area contributed by atoms with E-state index in [4.69, 9.17) is 4.74 Å². The lowest BCUT2D eigenvalue weighted by atomic mass is 10.1. The van der Waals surface area contributed by atoms with E-state index in [1.807, 2.05) is 37.1 Å². The minimum absolute atomic E-state index is 0.187. The predicted molar refractivity (Wildman–Crippen MR) is 83.0 cm³/mol. The number of aryl methyl sites for hydroxylation is 1. The van der Waals surface area contributed by atoms with Crippen LogP contribution in [-0.2, 0) is 19.6 Å². The van der Waals surface area contributed by atoms with Crippen molar-refractivity contribution in [2.75, 3.05) is 14.2 Å². The van der Waals surface area contributed by atoms with Crippen LogP contribution in [0.4, 0.5) is 0 Å². The standard InChI is InChI=1S/C16H21N3O3/c1-4-19-11-13(8-17-19)10-18(2)9-12-5-6-15(22-3)14(7-12)16(20)21/h5-8,11H,4,9-10H2,1-3H3,(H,20,21). The van der Waals surface area contributed by atoms with Crippen LogP contribution >= 0.6 is 0 Å². The van der Waals surface area contributed by atoms with E-state index < -0.39 is 5.97 Å². The van der Waals surface area contributed by atoms with Gasteiger partial charge in [0.05, 0.1) is 13.3 Å². The summed E-state index contributed by atoms with van der Waals surface area (Å²) in [4.78, 5) is 13.4. The highest BCUT2D eigenvalue weighted by Crippen LogP contribution is 2.21. The molecule has 2 aromatic rings. The predicted octanol–water partition coefficient (Wildman–Crippen LogP) is 2.24. The third-order valence-electron chi connectivity index (χ3n) is 3.41. The Kier molecular flexibility index (Phi) is 5.16. The Balaban J connectivity index is 2.06. The van der Waals surface area contributed by atoms with Gasteiger partial charge in [-0.25, -0.2) is 4.79 Å². The fourth-order valence-corrected chi connectivity index (χ4v) is 2.36. The molecular formula is C16H21N3O3. The fraction of sp³-hybridized carbons (Fsp3) is 0.375. The third-order valence-corrected chi connectivity index (χ3v) is 3.41. The molecule has 0 saturated carbocycles. The van der Waals surface area contributed by atoms with Crippen LogP contribution in [0.1, 0.15) is 28.4 Å². The van der Waals surface area contributed by atoms with E-state index in [2.05, 4.69) is 10.00 Å². The number of aromatic nitrogens is 2. The maximum absolute atomic E-state index is 11.2. The van der Waals surface area contributed by atoms with Crippen molar-refractivity contribution in [2.45, 2.75) is 26.6 Å². The lowest BCUT2D eigenvalue weighted by Crippen LogP contribution is -2.17. The Hall–Kier alpha value is -2.34. The first kappa shape index (κ1) is 16.0. The summed E-state index contributed by atoms with van der Waals surface area (Å²) in [5, 5.41) is 13.5. The van der Waals surface area contributed by atoms with Crippen molar-refractivity contribution in [1.82, 2.24) is 14.7 Å². The van der Waals surface area contributed by atoms with Gasteiger partial charge >= 0.3 is 5.97 Å². The van der Waals surface area contributed by atoms with Gasteiger partial charge < -0.3 is 9.84 Å². The van der Waals surface area contributed by atoms with Gasteiger partial charge in [-0.2, -0.15) is 5.10 Å². The highest BCUT2D eigenvalue weighted by Gasteiger charge is 2.12. The molecule has 0 aliphatic heterocycles. The number of nitrogens with zero attached hydrogens (tertiary/aromatic N) is 3. The second-order valence-electron chi connectivity index (χ2n) is 5.22. The summed E-state index contributed by atoms with van der Waals surface area (Å²) < 4.78 is 6.96. The van der Waals surface area contributed by atoms with Crippen molar-refractivity contribution < 1.29 is 14.6 Å². The number of carboxylic acid groups (broad SMARTS) is 1. The molecule has 0 aliphatic carbocycles. The molecule has 0 fully saturated rings. The average Bonchev–Trinajstić information content (AvgIpc) is 2.94. The van der Waals surface area contributed by atoms with Crippen molar-refractivity contribution in [2.24, 2.45) is 0 Å². The summed E-state index contributed by atoms with van der Waals surface area (Å²) in [7, 11) is 3.47. The van der Waals surface area contributed by atoms with Crippen LogP contribution in [0.15, 0.2) is 30.6 Å². The normalized spacial score (nSPS) is 10.9. The van der Waals surface area contributed by atoms with E-state index in [0.29, 0.717) is 12.3 Å². The molecule has 0 bridgehead atoms. The summed E-state index contributed by atoms with van der Waals surface area (Å²) in [6, 6.07) is 5.24. The fourth-order valence-electron chi connectivity index (χ4n) is 2.36. The molecule has 6 heteroatoms. The molecule has 0 amide bonds. The van der Waals surface area contributed by atoms with Gasteiger partial charge in [0.25, 0.3) is 0 Å². The molecule has 0 saturated heterocycles. The number of benzene rings is 1. The highest BCUT2D eigenvalue weighted by molar-refractivity contribution is 5.91. The summed E-state index contributed by atoms with van der Waals surface area (Å²) in [6.45, 7) is 4.31. The van der Waals surface area contributed by atoms with Crippen LogP contribution < -0.4 is 4.74 Å². The van der Waals surface area contributed by atoms with Gasteiger partial charge in [-0.15, -0.1) is 0 Å². The molecule has 1 aromatic carbocycles. The van der Waals surface area contributed by atoms with E-state index in [1.54, 1.807) is 12.1 Å². The number of carbonyl (C=O) groups is 1. The SMILES string of the molecule is CCn1cc(CN(C)Cc2ccc(OC)c(C(=O)O)c2)cn1. The summed E-state index contributed by atoms with van der Waals surface area (Å²) in [5.41, 5.74) is 2.26. The molecule has 1 heterocycles. The van der Waals surface area contributed by atoms with Crippen molar-refractivity contribution in [1.29, 1.82) is 0 Å². The maximum Gasteiger partial charge on any atom is 0.339 e. The van der Waals surface area contributed by atoms with Gasteiger partial charge in [-0.05, 0) is 31.7 Å². The summed E-state index contributed by atoms with van der Waals surface area (Å²) in [5.74, 6) is -0.603. The molecule has 0 aliphatic rings. The van der Waals surface area contributed by atoms with Gasteiger partial charge in [-0.1, -0.05) is 6.07 Å². The van der Waals surface area contributed by atoms with Crippen LogP contribution in [0, 0.1) is 0 Å². The van der Waals surface area contributed by atoms with Crippen LogP contribution in [-0.4, -0.2) is 39.9 Å². The first-order chi connectivity index (χ1) is 10.5.